The lowest BCUT2D eigenvalue weighted by atomic mass is 9.99. The second-order valence-corrected chi connectivity index (χ2v) is 9.89. The van der Waals surface area contributed by atoms with Crippen molar-refractivity contribution in [1.82, 2.24) is 19.9 Å². The van der Waals surface area contributed by atoms with Crippen LogP contribution in [-0.4, -0.2) is 39.3 Å². The predicted molar refractivity (Wildman–Crippen MR) is 130 cm³/mol. The normalized spacial score (nSPS) is 11.3. The average molecular weight is 468 g/mol. The molecule has 0 aliphatic carbocycles. The summed E-state index contributed by atoms with van der Waals surface area (Å²) in [4.78, 5) is 32.7. The highest BCUT2D eigenvalue weighted by Crippen LogP contribution is 2.24. The van der Waals surface area contributed by atoms with Gasteiger partial charge in [-0.25, -0.2) is 4.98 Å². The van der Waals surface area contributed by atoms with E-state index < -0.39 is 0 Å². The Morgan fingerprint density at radius 1 is 1.27 bits per heavy atom. The third-order valence-corrected chi connectivity index (χ3v) is 5.69. The van der Waals surface area contributed by atoms with Crippen molar-refractivity contribution in [1.29, 1.82) is 5.26 Å². The van der Waals surface area contributed by atoms with E-state index in [1.54, 1.807) is 16.8 Å². The Labute approximate surface area is 197 Å². The van der Waals surface area contributed by atoms with Crippen molar-refractivity contribution in [2.24, 2.45) is 5.41 Å². The third kappa shape index (κ3) is 6.86. The number of thioether (sulfide) groups is 1. The number of hydrogen-bond acceptors (Lipinski definition) is 6. The molecule has 0 fully saturated rings. The number of rotatable bonds is 10. The summed E-state index contributed by atoms with van der Waals surface area (Å²) in [6.07, 6.45) is 2.98. The van der Waals surface area contributed by atoms with E-state index in [4.69, 9.17) is 10.00 Å². The first kappa shape index (κ1) is 24.4. The van der Waals surface area contributed by atoms with Gasteiger partial charge in [0.05, 0.1) is 30.2 Å². The van der Waals surface area contributed by atoms with Gasteiger partial charge in [-0.05, 0) is 42.2 Å². The van der Waals surface area contributed by atoms with Gasteiger partial charge in [-0.1, -0.05) is 32.5 Å². The number of nitrogens with one attached hydrogen (secondary N) is 2. The van der Waals surface area contributed by atoms with Crippen LogP contribution in [0, 0.1) is 16.7 Å². The van der Waals surface area contributed by atoms with Crippen molar-refractivity contribution in [3.8, 4) is 17.5 Å². The summed E-state index contributed by atoms with van der Waals surface area (Å²) in [7, 11) is 0. The Hall–Kier alpha value is -3.25. The van der Waals surface area contributed by atoms with Gasteiger partial charge in [0, 0.05) is 24.9 Å². The minimum atomic E-state index is -0.152. The van der Waals surface area contributed by atoms with Gasteiger partial charge in [-0.3, -0.25) is 14.2 Å². The van der Waals surface area contributed by atoms with Crippen molar-refractivity contribution >= 4 is 28.7 Å². The number of nitrogens with zero attached hydrogens (tertiary/aromatic N) is 3. The molecule has 0 bridgehead atoms. The Bertz CT molecular complexity index is 1190. The molecule has 3 aromatic rings. The number of benzene rings is 1. The fourth-order valence-corrected chi connectivity index (χ4v) is 3.98. The largest absolute Gasteiger partial charge is 0.493 e. The van der Waals surface area contributed by atoms with Crippen LogP contribution in [0.1, 0.15) is 40.0 Å². The summed E-state index contributed by atoms with van der Waals surface area (Å²) in [5, 5.41) is 12.3. The van der Waals surface area contributed by atoms with Gasteiger partial charge >= 0.3 is 0 Å². The van der Waals surface area contributed by atoms with Crippen molar-refractivity contribution in [2.45, 2.75) is 45.2 Å². The molecular weight excluding hydrogens is 438 g/mol. The SMILES string of the molecule is CC(C)(C)COc1ccc(-n2c(SCCCC(=O)NCCC#N)nc3[nH]ccc3c2=O)cc1. The van der Waals surface area contributed by atoms with Crippen molar-refractivity contribution < 1.29 is 9.53 Å². The summed E-state index contributed by atoms with van der Waals surface area (Å²) in [5.41, 5.74) is 1.14. The van der Waals surface area contributed by atoms with Crippen LogP contribution in [0.2, 0.25) is 0 Å². The van der Waals surface area contributed by atoms with Crippen LogP contribution in [-0.2, 0) is 4.79 Å². The van der Waals surface area contributed by atoms with Gasteiger partial charge in [0.15, 0.2) is 5.16 Å². The molecule has 0 saturated carbocycles. The van der Waals surface area contributed by atoms with Crippen LogP contribution in [0.5, 0.6) is 5.75 Å². The van der Waals surface area contributed by atoms with Crippen LogP contribution in [0.15, 0.2) is 46.5 Å². The number of nitriles is 1. The van der Waals surface area contributed by atoms with Gasteiger partial charge in [0.1, 0.15) is 11.4 Å². The summed E-state index contributed by atoms with van der Waals surface area (Å²) in [6, 6.07) is 11.1. The zero-order valence-corrected chi connectivity index (χ0v) is 20.0. The summed E-state index contributed by atoms with van der Waals surface area (Å²) >= 11 is 1.43. The fourth-order valence-electron chi connectivity index (χ4n) is 3.04. The molecule has 33 heavy (non-hydrogen) atoms. The number of carbonyl (C=O) groups excluding carboxylic acids is 1. The molecule has 0 spiro atoms. The number of aromatic amines is 1. The minimum Gasteiger partial charge on any atom is -0.493 e. The lowest BCUT2D eigenvalue weighted by molar-refractivity contribution is -0.121. The highest BCUT2D eigenvalue weighted by Gasteiger charge is 2.15. The molecule has 1 aromatic carbocycles. The van der Waals surface area contributed by atoms with Crippen LogP contribution >= 0.6 is 11.8 Å². The highest BCUT2D eigenvalue weighted by molar-refractivity contribution is 7.99. The molecule has 0 aliphatic rings. The number of ether oxygens (including phenoxy) is 1. The summed E-state index contributed by atoms with van der Waals surface area (Å²) in [6.45, 7) is 7.28. The molecule has 0 unspecified atom stereocenters. The molecule has 0 saturated heterocycles. The van der Waals surface area contributed by atoms with E-state index in [0.717, 1.165) is 5.75 Å². The molecule has 2 aromatic heterocycles. The van der Waals surface area contributed by atoms with Crippen molar-refractivity contribution in [3.63, 3.8) is 0 Å². The number of hydrogen-bond donors (Lipinski definition) is 2. The number of H-pyrrole nitrogens is 1. The maximum atomic E-state index is 13.2. The van der Waals surface area contributed by atoms with Crippen LogP contribution in [0.25, 0.3) is 16.7 Å². The second-order valence-electron chi connectivity index (χ2n) is 8.83. The molecular formula is C24H29N5O3S. The van der Waals surface area contributed by atoms with Crippen LogP contribution in [0.4, 0.5) is 0 Å². The first-order valence-corrected chi connectivity index (χ1v) is 11.9. The van der Waals surface area contributed by atoms with Gasteiger partial charge in [0.2, 0.25) is 5.91 Å². The lowest BCUT2D eigenvalue weighted by Crippen LogP contribution is -2.24. The number of carbonyl (C=O) groups is 1. The zero-order valence-electron chi connectivity index (χ0n) is 19.2. The molecule has 174 valence electrons. The quantitative estimate of drug-likeness (QED) is 0.264. The van der Waals surface area contributed by atoms with Crippen molar-refractivity contribution in [3.05, 3.63) is 46.9 Å². The van der Waals surface area contributed by atoms with E-state index in [1.807, 2.05) is 30.3 Å². The monoisotopic (exact) mass is 467 g/mol. The lowest BCUT2D eigenvalue weighted by Gasteiger charge is -2.19. The maximum Gasteiger partial charge on any atom is 0.268 e. The molecule has 2 N–H and O–H groups in total. The van der Waals surface area contributed by atoms with E-state index in [0.29, 0.717) is 60.0 Å². The first-order chi connectivity index (χ1) is 15.8. The van der Waals surface area contributed by atoms with Gasteiger partial charge in [0.25, 0.3) is 5.56 Å². The Morgan fingerprint density at radius 2 is 2.03 bits per heavy atom. The topological polar surface area (TPSA) is 113 Å². The summed E-state index contributed by atoms with van der Waals surface area (Å²) in [5.74, 6) is 1.28. The molecule has 8 nitrogen and oxygen atoms in total. The molecule has 1 amide bonds. The molecule has 0 atom stereocenters. The Kier molecular flexibility index (Phi) is 8.17. The van der Waals surface area contributed by atoms with Crippen LogP contribution < -0.4 is 15.6 Å². The smallest absolute Gasteiger partial charge is 0.268 e. The number of aromatic nitrogens is 3. The molecule has 2 heterocycles. The molecule has 9 heteroatoms. The van der Waals surface area contributed by atoms with E-state index in [-0.39, 0.29) is 16.9 Å². The van der Waals surface area contributed by atoms with Crippen LogP contribution in [0.3, 0.4) is 0 Å². The minimum absolute atomic E-state index is 0.0509. The van der Waals surface area contributed by atoms with Gasteiger partial charge < -0.3 is 15.0 Å². The van der Waals surface area contributed by atoms with Gasteiger partial charge in [-0.2, -0.15) is 5.26 Å². The highest BCUT2D eigenvalue weighted by atomic mass is 32.2. The molecule has 0 radical (unpaired) electrons. The van der Waals surface area contributed by atoms with E-state index >= 15 is 0 Å². The average Bonchev–Trinajstić information content (AvgIpc) is 3.25. The molecule has 3 rings (SSSR count). The van der Waals surface area contributed by atoms with Crippen molar-refractivity contribution in [2.75, 3.05) is 18.9 Å². The maximum absolute atomic E-state index is 13.2. The Morgan fingerprint density at radius 3 is 2.73 bits per heavy atom. The Balaban J connectivity index is 1.75. The summed E-state index contributed by atoms with van der Waals surface area (Å²) < 4.78 is 7.45. The number of fused-ring (bicyclic) bond motifs is 1. The standard InChI is InChI=1S/C24H29N5O3S/c1-24(2,3)16-32-18-9-7-17(8-10-18)29-22(31)19-11-14-27-21(19)28-23(29)33-15-4-6-20(30)26-13-5-12-25/h7-11,14,27H,4-6,13,15-16H2,1-3H3,(H,26,30). The fraction of sp³-hybridized carbons (Fsp3) is 0.417. The zero-order chi connectivity index (χ0) is 23.8. The van der Waals surface area contributed by atoms with E-state index in [1.165, 1.54) is 11.8 Å². The third-order valence-electron chi connectivity index (χ3n) is 4.66. The van der Waals surface area contributed by atoms with E-state index in [2.05, 4.69) is 36.1 Å². The molecule has 0 aliphatic heterocycles. The predicted octanol–water partition coefficient (Wildman–Crippen LogP) is 4.04. The number of amides is 1. The first-order valence-electron chi connectivity index (χ1n) is 10.9. The van der Waals surface area contributed by atoms with Gasteiger partial charge in [-0.15, -0.1) is 0 Å². The van der Waals surface area contributed by atoms with E-state index in [9.17, 15) is 9.59 Å². The second kappa shape index (κ2) is 11.1.